The summed E-state index contributed by atoms with van der Waals surface area (Å²) in [5, 5.41) is 1.05. The zero-order valence-electron chi connectivity index (χ0n) is 10.0. The number of likely N-dealkylation sites (N-methyl/N-ethyl adjacent to an activating group) is 1. The van der Waals surface area contributed by atoms with Gasteiger partial charge in [-0.15, -0.1) is 0 Å². The molecular weight excluding hydrogens is 216 g/mol. The largest absolute Gasteiger partial charge is 0.459 e. The molecule has 1 aromatic carbocycles. The number of para-hydroxylation sites is 1. The first-order chi connectivity index (χ1) is 8.08. The van der Waals surface area contributed by atoms with E-state index in [0.717, 1.165) is 16.7 Å². The number of hydrogen-bond donors (Lipinski definition) is 1. The van der Waals surface area contributed by atoms with Gasteiger partial charge in [0.2, 0.25) is 5.91 Å². The molecule has 0 radical (unpaired) electrons. The number of rotatable bonds is 3. The lowest BCUT2D eigenvalue weighted by Crippen LogP contribution is -2.39. The number of fused-ring (bicyclic) bond motifs is 1. The number of benzene rings is 1. The third-order valence-electron chi connectivity index (χ3n) is 2.64. The van der Waals surface area contributed by atoms with Crippen molar-refractivity contribution in [3.63, 3.8) is 0 Å². The molecule has 17 heavy (non-hydrogen) atoms. The Morgan fingerprint density at radius 1 is 1.47 bits per heavy atom. The summed E-state index contributed by atoms with van der Waals surface area (Å²) in [6.45, 7) is 2.12. The van der Waals surface area contributed by atoms with Crippen LogP contribution in [0.25, 0.3) is 11.0 Å². The zero-order chi connectivity index (χ0) is 12.4. The monoisotopic (exact) mass is 232 g/mol. The first-order valence-corrected chi connectivity index (χ1v) is 5.56. The fourth-order valence-corrected chi connectivity index (χ4v) is 1.77. The Morgan fingerprint density at radius 2 is 2.18 bits per heavy atom. The van der Waals surface area contributed by atoms with Gasteiger partial charge in [0.25, 0.3) is 0 Å². The molecule has 0 bridgehead atoms. The highest BCUT2D eigenvalue weighted by Gasteiger charge is 2.15. The molecule has 1 atom stereocenters. The number of furan rings is 1. The zero-order valence-corrected chi connectivity index (χ0v) is 10.0. The average molecular weight is 232 g/mol. The summed E-state index contributed by atoms with van der Waals surface area (Å²) < 4.78 is 5.63. The molecule has 4 nitrogen and oxygen atoms in total. The van der Waals surface area contributed by atoms with Crippen molar-refractivity contribution in [3.05, 3.63) is 36.1 Å². The van der Waals surface area contributed by atoms with Gasteiger partial charge in [-0.1, -0.05) is 18.2 Å². The SMILES string of the molecule is C[C@H](N)C(=O)N(C)Cc1cc2ccccc2o1. The van der Waals surface area contributed by atoms with Gasteiger partial charge >= 0.3 is 0 Å². The third-order valence-corrected chi connectivity index (χ3v) is 2.64. The smallest absolute Gasteiger partial charge is 0.239 e. The van der Waals surface area contributed by atoms with Crippen LogP contribution < -0.4 is 5.73 Å². The third kappa shape index (κ3) is 2.47. The maximum atomic E-state index is 11.6. The molecule has 1 amide bonds. The van der Waals surface area contributed by atoms with Gasteiger partial charge in [0.15, 0.2) is 0 Å². The van der Waals surface area contributed by atoms with Crippen LogP contribution in [0.15, 0.2) is 34.7 Å². The molecule has 0 spiro atoms. The summed E-state index contributed by atoms with van der Waals surface area (Å²) >= 11 is 0. The summed E-state index contributed by atoms with van der Waals surface area (Å²) in [5.74, 6) is 0.674. The molecule has 0 unspecified atom stereocenters. The van der Waals surface area contributed by atoms with Crippen molar-refractivity contribution in [2.75, 3.05) is 7.05 Å². The Hall–Kier alpha value is -1.81. The minimum absolute atomic E-state index is 0.0922. The second-order valence-corrected chi connectivity index (χ2v) is 4.23. The Bertz CT molecular complexity index is 498. The molecule has 90 valence electrons. The van der Waals surface area contributed by atoms with Gasteiger partial charge in [-0.05, 0) is 19.1 Å². The predicted molar refractivity (Wildman–Crippen MR) is 66.3 cm³/mol. The van der Waals surface area contributed by atoms with Gasteiger partial charge < -0.3 is 15.1 Å². The number of hydrogen-bond acceptors (Lipinski definition) is 3. The highest BCUT2D eigenvalue weighted by atomic mass is 16.3. The fraction of sp³-hybridized carbons (Fsp3) is 0.308. The summed E-state index contributed by atoms with van der Waals surface area (Å²) in [6.07, 6.45) is 0. The molecular formula is C13H16N2O2. The van der Waals surface area contributed by atoms with Crippen molar-refractivity contribution in [1.29, 1.82) is 0 Å². The molecule has 1 aromatic heterocycles. The lowest BCUT2D eigenvalue weighted by Gasteiger charge is -2.17. The Balaban J connectivity index is 2.16. The van der Waals surface area contributed by atoms with Crippen LogP contribution in [0, 0.1) is 0 Å². The van der Waals surface area contributed by atoms with Crippen molar-refractivity contribution >= 4 is 16.9 Å². The molecule has 1 heterocycles. The minimum atomic E-state index is -0.482. The van der Waals surface area contributed by atoms with Gasteiger partial charge in [0.1, 0.15) is 11.3 Å². The first kappa shape index (κ1) is 11.7. The molecule has 2 aromatic rings. The highest BCUT2D eigenvalue weighted by Crippen LogP contribution is 2.19. The highest BCUT2D eigenvalue weighted by molar-refractivity contribution is 5.81. The van der Waals surface area contributed by atoms with E-state index in [1.165, 1.54) is 0 Å². The summed E-state index contributed by atoms with van der Waals surface area (Å²) in [4.78, 5) is 13.2. The lowest BCUT2D eigenvalue weighted by molar-refractivity contribution is -0.131. The maximum absolute atomic E-state index is 11.6. The second kappa shape index (κ2) is 4.59. The molecule has 0 saturated carbocycles. The van der Waals surface area contributed by atoms with Gasteiger partial charge in [-0.2, -0.15) is 0 Å². The average Bonchev–Trinajstić information content (AvgIpc) is 2.69. The molecule has 0 aliphatic carbocycles. The quantitative estimate of drug-likeness (QED) is 0.876. The summed E-state index contributed by atoms with van der Waals surface area (Å²) in [7, 11) is 1.72. The predicted octanol–water partition coefficient (Wildman–Crippen LogP) is 1.74. The van der Waals surface area contributed by atoms with E-state index < -0.39 is 6.04 Å². The molecule has 0 saturated heterocycles. The lowest BCUT2D eigenvalue weighted by atomic mass is 10.2. The van der Waals surface area contributed by atoms with E-state index >= 15 is 0 Å². The van der Waals surface area contributed by atoms with E-state index in [2.05, 4.69) is 0 Å². The molecule has 2 rings (SSSR count). The first-order valence-electron chi connectivity index (χ1n) is 5.56. The van der Waals surface area contributed by atoms with Gasteiger partial charge in [0, 0.05) is 12.4 Å². The van der Waals surface area contributed by atoms with Crippen LogP contribution in [-0.4, -0.2) is 23.9 Å². The number of nitrogens with zero attached hydrogens (tertiary/aromatic N) is 1. The van der Waals surface area contributed by atoms with Gasteiger partial charge in [0.05, 0.1) is 12.6 Å². The Kier molecular flexibility index (Phi) is 3.15. The molecule has 2 N–H and O–H groups in total. The molecule has 0 aliphatic heterocycles. The van der Waals surface area contributed by atoms with E-state index in [1.807, 2.05) is 30.3 Å². The summed E-state index contributed by atoms with van der Waals surface area (Å²) in [5.41, 5.74) is 6.38. The maximum Gasteiger partial charge on any atom is 0.239 e. The van der Waals surface area contributed by atoms with E-state index in [0.29, 0.717) is 6.54 Å². The standard InChI is InChI=1S/C13H16N2O2/c1-9(14)13(16)15(2)8-11-7-10-5-3-4-6-12(10)17-11/h3-7,9H,8,14H2,1-2H3/t9-/m0/s1. The van der Waals surface area contributed by atoms with Crippen molar-refractivity contribution in [1.82, 2.24) is 4.90 Å². The van der Waals surface area contributed by atoms with E-state index in [4.69, 9.17) is 10.2 Å². The number of carbonyl (C=O) groups is 1. The van der Waals surface area contributed by atoms with E-state index in [9.17, 15) is 4.79 Å². The minimum Gasteiger partial charge on any atom is -0.459 e. The molecule has 0 fully saturated rings. The molecule has 0 aliphatic rings. The van der Waals surface area contributed by atoms with Crippen molar-refractivity contribution in [3.8, 4) is 0 Å². The normalized spacial score (nSPS) is 12.6. The van der Waals surface area contributed by atoms with Crippen LogP contribution in [0.3, 0.4) is 0 Å². The van der Waals surface area contributed by atoms with Crippen LogP contribution in [0.1, 0.15) is 12.7 Å². The summed E-state index contributed by atoms with van der Waals surface area (Å²) in [6, 6.07) is 9.23. The Morgan fingerprint density at radius 3 is 2.82 bits per heavy atom. The Labute approximate surface area is 100.0 Å². The second-order valence-electron chi connectivity index (χ2n) is 4.23. The van der Waals surface area contributed by atoms with E-state index in [1.54, 1.807) is 18.9 Å². The van der Waals surface area contributed by atoms with Crippen LogP contribution in [0.5, 0.6) is 0 Å². The van der Waals surface area contributed by atoms with Crippen molar-refractivity contribution in [2.45, 2.75) is 19.5 Å². The van der Waals surface area contributed by atoms with Crippen molar-refractivity contribution in [2.24, 2.45) is 5.73 Å². The van der Waals surface area contributed by atoms with Gasteiger partial charge in [-0.25, -0.2) is 0 Å². The van der Waals surface area contributed by atoms with E-state index in [-0.39, 0.29) is 5.91 Å². The van der Waals surface area contributed by atoms with Crippen LogP contribution in [0.4, 0.5) is 0 Å². The number of amides is 1. The van der Waals surface area contributed by atoms with Crippen LogP contribution in [0.2, 0.25) is 0 Å². The fourth-order valence-electron chi connectivity index (χ4n) is 1.77. The van der Waals surface area contributed by atoms with Crippen LogP contribution >= 0.6 is 0 Å². The van der Waals surface area contributed by atoms with Crippen LogP contribution in [-0.2, 0) is 11.3 Å². The number of carbonyl (C=O) groups excluding carboxylic acids is 1. The number of nitrogens with two attached hydrogens (primary N) is 1. The van der Waals surface area contributed by atoms with Gasteiger partial charge in [-0.3, -0.25) is 4.79 Å². The van der Waals surface area contributed by atoms with Crippen molar-refractivity contribution < 1.29 is 9.21 Å². The molecule has 4 heteroatoms. The topological polar surface area (TPSA) is 59.5 Å².